The van der Waals surface area contributed by atoms with Gasteiger partial charge in [0.1, 0.15) is 4.90 Å². The molecular weight excluding hydrogens is 260 g/mol. The minimum atomic E-state index is -3.47. The maximum atomic E-state index is 12.1. The molecule has 3 N–H and O–H groups in total. The van der Waals surface area contributed by atoms with Crippen LogP contribution in [0.1, 0.15) is 38.5 Å². The average molecular weight is 282 g/mol. The first-order valence-corrected chi connectivity index (χ1v) is 8.42. The van der Waals surface area contributed by atoms with Crippen LogP contribution in [-0.4, -0.2) is 15.0 Å². The van der Waals surface area contributed by atoms with Gasteiger partial charge in [-0.3, -0.25) is 0 Å². The number of anilines is 1. The third kappa shape index (κ3) is 3.94. The molecule has 0 atom stereocenters. The van der Waals surface area contributed by atoms with Gasteiger partial charge in [0.15, 0.2) is 0 Å². The van der Waals surface area contributed by atoms with E-state index in [0.717, 1.165) is 6.42 Å². The maximum Gasteiger partial charge on any atom is 0.242 e. The monoisotopic (exact) mass is 282 g/mol. The predicted octanol–water partition coefficient (Wildman–Crippen LogP) is 2.52. The third-order valence-corrected chi connectivity index (χ3v) is 5.31. The molecule has 0 spiro atoms. The lowest BCUT2D eigenvalue weighted by Crippen LogP contribution is -2.27. The average Bonchev–Trinajstić information content (AvgIpc) is 2.40. The first-order chi connectivity index (χ1) is 9.09. The SMILES string of the molecule is Nc1ccccc1S(=O)(=O)NCCC1CCCCC1. The van der Waals surface area contributed by atoms with E-state index < -0.39 is 10.0 Å². The lowest BCUT2D eigenvalue weighted by Gasteiger charge is -2.21. The molecule has 5 heteroatoms. The van der Waals surface area contributed by atoms with E-state index in [1.807, 2.05) is 0 Å². The standard InChI is InChI=1S/C14H22N2O2S/c15-13-8-4-5-9-14(13)19(17,18)16-11-10-12-6-2-1-3-7-12/h4-5,8-9,12,16H,1-3,6-7,10-11,15H2. The molecule has 1 aromatic rings. The summed E-state index contributed by atoms with van der Waals surface area (Å²) < 4.78 is 26.9. The predicted molar refractivity (Wildman–Crippen MR) is 77.2 cm³/mol. The van der Waals surface area contributed by atoms with E-state index in [1.165, 1.54) is 38.2 Å². The van der Waals surface area contributed by atoms with Crippen molar-refractivity contribution in [1.82, 2.24) is 4.72 Å². The number of nitrogens with one attached hydrogen (secondary N) is 1. The zero-order valence-electron chi connectivity index (χ0n) is 11.1. The summed E-state index contributed by atoms with van der Waals surface area (Å²) in [5.41, 5.74) is 6.00. The summed E-state index contributed by atoms with van der Waals surface area (Å²) in [6, 6.07) is 6.57. The van der Waals surface area contributed by atoms with Crippen LogP contribution < -0.4 is 10.5 Å². The van der Waals surface area contributed by atoms with Crippen LogP contribution in [0.2, 0.25) is 0 Å². The van der Waals surface area contributed by atoms with Gasteiger partial charge >= 0.3 is 0 Å². The van der Waals surface area contributed by atoms with Gasteiger partial charge in [-0.25, -0.2) is 13.1 Å². The van der Waals surface area contributed by atoms with Gasteiger partial charge in [0.05, 0.1) is 5.69 Å². The molecule has 1 aliphatic rings. The summed E-state index contributed by atoms with van der Waals surface area (Å²) >= 11 is 0. The van der Waals surface area contributed by atoms with Crippen LogP contribution in [0.15, 0.2) is 29.2 Å². The van der Waals surface area contributed by atoms with Gasteiger partial charge in [-0.1, -0.05) is 44.2 Å². The quantitative estimate of drug-likeness (QED) is 0.815. The van der Waals surface area contributed by atoms with Crippen LogP contribution in [0, 0.1) is 5.92 Å². The molecule has 19 heavy (non-hydrogen) atoms. The van der Waals surface area contributed by atoms with Crippen molar-refractivity contribution in [2.45, 2.75) is 43.4 Å². The molecule has 0 aliphatic heterocycles. The van der Waals surface area contributed by atoms with Crippen LogP contribution in [0.5, 0.6) is 0 Å². The number of hydrogen-bond acceptors (Lipinski definition) is 3. The van der Waals surface area contributed by atoms with Crippen LogP contribution in [0.25, 0.3) is 0 Å². The molecule has 1 saturated carbocycles. The normalized spacial score (nSPS) is 17.5. The van der Waals surface area contributed by atoms with Crippen molar-refractivity contribution in [2.24, 2.45) is 5.92 Å². The largest absolute Gasteiger partial charge is 0.398 e. The highest BCUT2D eigenvalue weighted by Crippen LogP contribution is 2.26. The summed E-state index contributed by atoms with van der Waals surface area (Å²) in [5, 5.41) is 0. The van der Waals surface area contributed by atoms with Gasteiger partial charge in [0, 0.05) is 6.54 Å². The lowest BCUT2D eigenvalue weighted by atomic mass is 9.87. The Balaban J connectivity index is 1.89. The molecule has 106 valence electrons. The Kier molecular flexibility index (Phi) is 4.82. The van der Waals surface area contributed by atoms with Gasteiger partial charge in [-0.05, 0) is 24.5 Å². The minimum absolute atomic E-state index is 0.179. The first kappa shape index (κ1) is 14.3. The fraction of sp³-hybridized carbons (Fsp3) is 0.571. The topological polar surface area (TPSA) is 72.2 Å². The van der Waals surface area contributed by atoms with E-state index in [9.17, 15) is 8.42 Å². The van der Waals surface area contributed by atoms with E-state index >= 15 is 0 Å². The van der Waals surface area contributed by atoms with Crippen molar-refractivity contribution in [3.05, 3.63) is 24.3 Å². The fourth-order valence-corrected chi connectivity index (χ4v) is 3.85. The summed E-state index contributed by atoms with van der Waals surface area (Å²) in [5.74, 6) is 0.671. The molecule has 1 aliphatic carbocycles. The molecule has 1 fully saturated rings. The van der Waals surface area contributed by atoms with Gasteiger partial charge in [-0.2, -0.15) is 0 Å². The number of rotatable bonds is 5. The summed E-state index contributed by atoms with van der Waals surface area (Å²) in [7, 11) is -3.47. The van der Waals surface area contributed by atoms with Gasteiger partial charge in [-0.15, -0.1) is 0 Å². The van der Waals surface area contributed by atoms with Crippen molar-refractivity contribution < 1.29 is 8.42 Å². The Morgan fingerprint density at radius 3 is 2.53 bits per heavy atom. The molecule has 0 bridgehead atoms. The fourth-order valence-electron chi connectivity index (χ4n) is 2.68. The minimum Gasteiger partial charge on any atom is -0.398 e. The van der Waals surface area contributed by atoms with Crippen molar-refractivity contribution >= 4 is 15.7 Å². The van der Waals surface area contributed by atoms with Gasteiger partial charge in [0.2, 0.25) is 10.0 Å². The molecule has 0 amide bonds. The second-order valence-electron chi connectivity index (χ2n) is 5.23. The van der Waals surface area contributed by atoms with E-state index in [1.54, 1.807) is 18.2 Å². The van der Waals surface area contributed by atoms with E-state index in [-0.39, 0.29) is 4.90 Å². The first-order valence-electron chi connectivity index (χ1n) is 6.94. The van der Waals surface area contributed by atoms with Crippen molar-refractivity contribution in [3.63, 3.8) is 0 Å². The zero-order chi connectivity index (χ0) is 13.7. The highest BCUT2D eigenvalue weighted by atomic mass is 32.2. The Hall–Kier alpha value is -1.07. The Labute approximate surface area is 115 Å². The third-order valence-electron chi connectivity index (χ3n) is 3.78. The van der Waals surface area contributed by atoms with Crippen molar-refractivity contribution in [2.75, 3.05) is 12.3 Å². The second-order valence-corrected chi connectivity index (χ2v) is 6.96. The highest BCUT2D eigenvalue weighted by molar-refractivity contribution is 7.89. The molecule has 0 aromatic heterocycles. The van der Waals surface area contributed by atoms with E-state index in [4.69, 9.17) is 5.73 Å². The summed E-state index contributed by atoms with van der Waals surface area (Å²) in [6.45, 7) is 0.501. The highest BCUT2D eigenvalue weighted by Gasteiger charge is 2.18. The van der Waals surface area contributed by atoms with Gasteiger partial charge < -0.3 is 5.73 Å². The summed E-state index contributed by atoms with van der Waals surface area (Å²) in [6.07, 6.45) is 7.27. The van der Waals surface area contributed by atoms with Gasteiger partial charge in [0.25, 0.3) is 0 Å². The zero-order valence-corrected chi connectivity index (χ0v) is 12.0. The smallest absolute Gasteiger partial charge is 0.242 e. The molecule has 2 rings (SSSR count). The molecule has 0 heterocycles. The Morgan fingerprint density at radius 1 is 1.16 bits per heavy atom. The van der Waals surface area contributed by atoms with Crippen LogP contribution in [0.3, 0.4) is 0 Å². The molecule has 4 nitrogen and oxygen atoms in total. The van der Waals surface area contributed by atoms with Crippen LogP contribution >= 0.6 is 0 Å². The number of nitrogen functional groups attached to an aromatic ring is 1. The second kappa shape index (κ2) is 6.39. The van der Waals surface area contributed by atoms with Crippen molar-refractivity contribution in [3.8, 4) is 0 Å². The molecule has 0 unspecified atom stereocenters. The molecular formula is C14H22N2O2S. The lowest BCUT2D eigenvalue weighted by molar-refractivity contribution is 0.339. The number of benzene rings is 1. The Morgan fingerprint density at radius 2 is 1.84 bits per heavy atom. The number of sulfonamides is 1. The molecule has 0 radical (unpaired) electrons. The number of hydrogen-bond donors (Lipinski definition) is 2. The van der Waals surface area contributed by atoms with E-state index in [0.29, 0.717) is 18.2 Å². The Bertz CT molecular complexity index is 508. The molecule has 1 aromatic carbocycles. The summed E-state index contributed by atoms with van der Waals surface area (Å²) in [4.78, 5) is 0.179. The van der Waals surface area contributed by atoms with Crippen molar-refractivity contribution in [1.29, 1.82) is 0 Å². The molecule has 0 saturated heterocycles. The maximum absolute atomic E-state index is 12.1. The number of nitrogens with two attached hydrogens (primary N) is 1. The number of para-hydroxylation sites is 1. The van der Waals surface area contributed by atoms with E-state index in [2.05, 4.69) is 4.72 Å². The van der Waals surface area contributed by atoms with Crippen LogP contribution in [-0.2, 0) is 10.0 Å². The van der Waals surface area contributed by atoms with Crippen LogP contribution in [0.4, 0.5) is 5.69 Å².